The van der Waals surface area contributed by atoms with Gasteiger partial charge in [0.2, 0.25) is 5.91 Å². The van der Waals surface area contributed by atoms with Crippen LogP contribution in [0.2, 0.25) is 0 Å². The van der Waals surface area contributed by atoms with Crippen LogP contribution < -0.4 is 15.8 Å². The number of ether oxygens (including phenoxy) is 1. The molecule has 0 aliphatic heterocycles. The molecule has 3 N–H and O–H groups in total. The quantitative estimate of drug-likeness (QED) is 0.668. The van der Waals surface area contributed by atoms with Gasteiger partial charge in [-0.3, -0.25) is 9.69 Å². The van der Waals surface area contributed by atoms with Crippen molar-refractivity contribution in [3.8, 4) is 5.75 Å². The Kier molecular flexibility index (Phi) is 10.4. The van der Waals surface area contributed by atoms with Gasteiger partial charge >= 0.3 is 0 Å². The lowest BCUT2D eigenvalue weighted by Crippen LogP contribution is -2.38. The van der Waals surface area contributed by atoms with Crippen molar-refractivity contribution in [2.75, 3.05) is 38.1 Å². The van der Waals surface area contributed by atoms with E-state index in [1.807, 2.05) is 49.4 Å². The topological polar surface area (TPSA) is 67.6 Å². The zero-order valence-corrected chi connectivity index (χ0v) is 16.0. The van der Waals surface area contributed by atoms with Crippen LogP contribution in [0.15, 0.2) is 54.6 Å². The largest absolute Gasteiger partial charge is 0.492 e. The number of benzene rings is 2. The van der Waals surface area contributed by atoms with Gasteiger partial charge in [0.05, 0.1) is 18.8 Å². The lowest BCUT2D eigenvalue weighted by Gasteiger charge is -2.21. The van der Waals surface area contributed by atoms with Crippen LogP contribution in [0.1, 0.15) is 12.5 Å². The highest BCUT2D eigenvalue weighted by Gasteiger charge is 2.12. The molecule has 26 heavy (non-hydrogen) atoms. The predicted molar refractivity (Wildman–Crippen MR) is 109 cm³/mol. The molecule has 0 spiro atoms. The summed E-state index contributed by atoms with van der Waals surface area (Å²) >= 11 is 0. The molecule has 0 unspecified atom stereocenters. The third-order valence-corrected chi connectivity index (χ3v) is 3.83. The van der Waals surface area contributed by atoms with Crippen LogP contribution in [0.25, 0.3) is 0 Å². The summed E-state index contributed by atoms with van der Waals surface area (Å²) in [4.78, 5) is 14.5. The fourth-order valence-electron chi connectivity index (χ4n) is 2.63. The van der Waals surface area contributed by atoms with Crippen LogP contribution in [0.3, 0.4) is 0 Å². The van der Waals surface area contributed by atoms with Gasteiger partial charge in [-0.15, -0.1) is 12.4 Å². The van der Waals surface area contributed by atoms with Crippen molar-refractivity contribution in [1.82, 2.24) is 4.90 Å². The number of amides is 1. The third kappa shape index (κ3) is 7.44. The second kappa shape index (κ2) is 12.3. The summed E-state index contributed by atoms with van der Waals surface area (Å²) in [6.07, 6.45) is 0.893. The molecule has 0 fully saturated rings. The maximum absolute atomic E-state index is 12.4. The number of carbonyl (C=O) groups excluding carboxylic acids is 1. The Morgan fingerprint density at radius 2 is 1.77 bits per heavy atom. The number of carbonyl (C=O) groups is 1. The van der Waals surface area contributed by atoms with E-state index in [4.69, 9.17) is 10.5 Å². The molecule has 2 aromatic rings. The van der Waals surface area contributed by atoms with Crippen molar-refractivity contribution < 1.29 is 9.53 Å². The second-order valence-corrected chi connectivity index (χ2v) is 5.78. The number of para-hydroxylation sites is 2. The van der Waals surface area contributed by atoms with Gasteiger partial charge < -0.3 is 15.8 Å². The summed E-state index contributed by atoms with van der Waals surface area (Å²) in [6, 6.07) is 17.7. The summed E-state index contributed by atoms with van der Waals surface area (Å²) < 4.78 is 5.55. The third-order valence-electron chi connectivity index (χ3n) is 3.83. The summed E-state index contributed by atoms with van der Waals surface area (Å²) in [6.45, 7) is 4.80. The number of anilines is 1. The van der Waals surface area contributed by atoms with E-state index in [0.29, 0.717) is 37.7 Å². The van der Waals surface area contributed by atoms with Crippen LogP contribution in [0, 0.1) is 0 Å². The maximum Gasteiger partial charge on any atom is 0.238 e. The molecule has 2 rings (SSSR count). The minimum Gasteiger partial charge on any atom is -0.492 e. The number of nitrogens with two attached hydrogens (primary N) is 1. The Hall–Kier alpha value is -2.08. The molecule has 0 heterocycles. The van der Waals surface area contributed by atoms with Crippen LogP contribution in [0.5, 0.6) is 5.75 Å². The molecule has 0 bridgehead atoms. The van der Waals surface area contributed by atoms with Gasteiger partial charge in [-0.05, 0) is 31.0 Å². The predicted octanol–water partition coefficient (Wildman–Crippen LogP) is 2.95. The number of rotatable bonds is 10. The minimum atomic E-state index is -0.0614. The monoisotopic (exact) mass is 377 g/mol. The van der Waals surface area contributed by atoms with E-state index >= 15 is 0 Å². The molecule has 1 amide bonds. The standard InChI is InChI=1S/C20H27N3O2.ClH/c1-2-25-19-11-7-6-10-18(19)22-20(24)16-23(15-13-21)14-12-17-8-4-3-5-9-17;/h3-11H,2,12-16,21H2,1H3,(H,22,24);1H. The van der Waals surface area contributed by atoms with E-state index in [2.05, 4.69) is 22.3 Å². The summed E-state index contributed by atoms with van der Waals surface area (Å²) in [5.74, 6) is 0.627. The molecule has 0 saturated heterocycles. The number of nitrogens with one attached hydrogen (secondary N) is 1. The minimum absolute atomic E-state index is 0. The smallest absolute Gasteiger partial charge is 0.238 e. The van der Waals surface area contributed by atoms with Gasteiger partial charge in [-0.1, -0.05) is 42.5 Å². The normalized spacial score (nSPS) is 10.3. The molecule has 0 saturated carbocycles. The second-order valence-electron chi connectivity index (χ2n) is 5.78. The van der Waals surface area contributed by atoms with Gasteiger partial charge in [-0.25, -0.2) is 0 Å². The van der Waals surface area contributed by atoms with E-state index < -0.39 is 0 Å². The van der Waals surface area contributed by atoms with Crippen molar-refractivity contribution in [3.05, 3.63) is 60.2 Å². The average molecular weight is 378 g/mol. The zero-order valence-electron chi connectivity index (χ0n) is 15.2. The molecule has 0 atom stereocenters. The first-order chi connectivity index (χ1) is 12.2. The fraction of sp³-hybridized carbons (Fsp3) is 0.350. The van der Waals surface area contributed by atoms with Crippen molar-refractivity contribution >= 4 is 24.0 Å². The van der Waals surface area contributed by atoms with Crippen LogP contribution in [0.4, 0.5) is 5.69 Å². The molecule has 5 nitrogen and oxygen atoms in total. The Morgan fingerprint density at radius 3 is 2.46 bits per heavy atom. The van der Waals surface area contributed by atoms with Gasteiger partial charge in [0.25, 0.3) is 0 Å². The highest BCUT2D eigenvalue weighted by atomic mass is 35.5. The van der Waals surface area contributed by atoms with Crippen LogP contribution >= 0.6 is 12.4 Å². The average Bonchev–Trinajstić information content (AvgIpc) is 2.62. The molecular formula is C20H28ClN3O2. The number of halogens is 1. The van der Waals surface area contributed by atoms with Gasteiger partial charge in [0.15, 0.2) is 0 Å². The van der Waals surface area contributed by atoms with Crippen molar-refractivity contribution in [3.63, 3.8) is 0 Å². The highest BCUT2D eigenvalue weighted by molar-refractivity contribution is 5.93. The SMILES string of the molecule is CCOc1ccccc1NC(=O)CN(CCN)CCc1ccccc1.Cl. The molecule has 0 aliphatic rings. The van der Waals surface area contributed by atoms with E-state index in [-0.39, 0.29) is 18.3 Å². The fourth-order valence-corrected chi connectivity index (χ4v) is 2.63. The number of hydrogen-bond acceptors (Lipinski definition) is 4. The Labute approximate surface area is 161 Å². The molecule has 2 aromatic carbocycles. The van der Waals surface area contributed by atoms with E-state index in [1.54, 1.807) is 0 Å². The van der Waals surface area contributed by atoms with Crippen LogP contribution in [-0.4, -0.2) is 43.6 Å². The first-order valence-electron chi connectivity index (χ1n) is 8.71. The Bertz CT molecular complexity index is 653. The molecule has 0 aromatic heterocycles. The first kappa shape index (κ1) is 22.0. The number of nitrogens with zero attached hydrogens (tertiary/aromatic N) is 1. The van der Waals surface area contributed by atoms with Crippen molar-refractivity contribution in [2.45, 2.75) is 13.3 Å². The molecule has 0 radical (unpaired) electrons. The summed E-state index contributed by atoms with van der Waals surface area (Å²) in [7, 11) is 0. The van der Waals surface area contributed by atoms with Crippen molar-refractivity contribution in [2.24, 2.45) is 5.73 Å². The Balaban J connectivity index is 0.00000338. The van der Waals surface area contributed by atoms with E-state index in [1.165, 1.54) is 5.56 Å². The Morgan fingerprint density at radius 1 is 1.08 bits per heavy atom. The van der Waals surface area contributed by atoms with E-state index in [0.717, 1.165) is 13.0 Å². The maximum atomic E-state index is 12.4. The van der Waals surface area contributed by atoms with Crippen LogP contribution in [-0.2, 0) is 11.2 Å². The molecular weight excluding hydrogens is 350 g/mol. The van der Waals surface area contributed by atoms with E-state index in [9.17, 15) is 4.79 Å². The highest BCUT2D eigenvalue weighted by Crippen LogP contribution is 2.23. The van der Waals surface area contributed by atoms with Crippen molar-refractivity contribution in [1.29, 1.82) is 0 Å². The van der Waals surface area contributed by atoms with Gasteiger partial charge in [0, 0.05) is 19.6 Å². The molecule has 142 valence electrons. The zero-order chi connectivity index (χ0) is 17.9. The first-order valence-corrected chi connectivity index (χ1v) is 8.71. The molecule has 0 aliphatic carbocycles. The summed E-state index contributed by atoms with van der Waals surface area (Å²) in [5.41, 5.74) is 7.65. The number of hydrogen-bond donors (Lipinski definition) is 2. The van der Waals surface area contributed by atoms with Gasteiger partial charge in [0.1, 0.15) is 5.75 Å². The van der Waals surface area contributed by atoms with Gasteiger partial charge in [-0.2, -0.15) is 0 Å². The summed E-state index contributed by atoms with van der Waals surface area (Å²) in [5, 5.41) is 2.94. The lowest BCUT2D eigenvalue weighted by molar-refractivity contribution is -0.117. The molecule has 6 heteroatoms. The lowest BCUT2D eigenvalue weighted by atomic mass is 10.1.